The lowest BCUT2D eigenvalue weighted by molar-refractivity contribution is -0.141. The molecule has 0 radical (unpaired) electrons. The van der Waals surface area contributed by atoms with E-state index in [1.807, 2.05) is 0 Å². The molecule has 0 spiro atoms. The largest absolute Gasteiger partial charge is 0.462 e. The maximum Gasteiger partial charge on any atom is 0.306 e. The summed E-state index contributed by atoms with van der Waals surface area (Å²) >= 11 is 0. The maximum atomic E-state index is 10.6. The second-order valence-electron chi connectivity index (χ2n) is 3.01. The number of nitrogens with two attached hydrogens (primary N) is 1. The van der Waals surface area contributed by atoms with E-state index in [0.29, 0.717) is 19.3 Å². The fourth-order valence-electron chi connectivity index (χ4n) is 1.29. The highest BCUT2D eigenvalue weighted by molar-refractivity contribution is 5.73. The van der Waals surface area contributed by atoms with Crippen LogP contribution in [0.4, 0.5) is 0 Å². The van der Waals surface area contributed by atoms with Gasteiger partial charge in [0.05, 0.1) is 0 Å². The Hall–Kier alpha value is -1.06. The summed E-state index contributed by atoms with van der Waals surface area (Å²) in [6.07, 6.45) is 3.19. The van der Waals surface area contributed by atoms with Gasteiger partial charge in [-0.2, -0.15) is 0 Å². The number of cyclic esters (lactones) is 1. The van der Waals surface area contributed by atoms with Crippen LogP contribution in [0, 0.1) is 0 Å². The molecule has 1 atom stereocenters. The molecule has 2 N–H and O–H groups in total. The second kappa shape index (κ2) is 4.09. The first-order valence-corrected chi connectivity index (χ1v) is 4.16. The van der Waals surface area contributed by atoms with Crippen LogP contribution in [0.5, 0.6) is 0 Å². The zero-order chi connectivity index (χ0) is 8.97. The predicted octanol–water partition coefficient (Wildman–Crippen LogP) is 0.348. The van der Waals surface area contributed by atoms with Gasteiger partial charge < -0.3 is 10.5 Å². The Morgan fingerprint density at radius 2 is 2.42 bits per heavy atom. The Balaban J connectivity index is 2.08. The van der Waals surface area contributed by atoms with Crippen molar-refractivity contribution in [1.82, 2.24) is 0 Å². The Morgan fingerprint density at radius 1 is 1.67 bits per heavy atom. The number of carbonyl (C=O) groups is 2. The normalized spacial score (nSPS) is 22.3. The molecule has 0 aromatic heterocycles. The average Bonchev–Trinajstić information content (AvgIpc) is 2.35. The van der Waals surface area contributed by atoms with Gasteiger partial charge in [0.1, 0.15) is 6.10 Å². The van der Waals surface area contributed by atoms with Crippen LogP contribution in [0.3, 0.4) is 0 Å². The van der Waals surface area contributed by atoms with Crippen LogP contribution >= 0.6 is 0 Å². The molecule has 0 unspecified atom stereocenters. The van der Waals surface area contributed by atoms with Crippen molar-refractivity contribution in [2.45, 2.75) is 38.2 Å². The average molecular weight is 171 g/mol. The molecule has 0 aliphatic carbocycles. The van der Waals surface area contributed by atoms with Crippen LogP contribution in [0.2, 0.25) is 0 Å². The van der Waals surface area contributed by atoms with Gasteiger partial charge in [0.15, 0.2) is 0 Å². The van der Waals surface area contributed by atoms with E-state index < -0.39 is 0 Å². The molecule has 0 aromatic rings. The van der Waals surface area contributed by atoms with Gasteiger partial charge in [-0.15, -0.1) is 0 Å². The van der Waals surface area contributed by atoms with E-state index in [9.17, 15) is 9.59 Å². The topological polar surface area (TPSA) is 69.4 Å². The first-order valence-electron chi connectivity index (χ1n) is 4.16. The number of primary amides is 1. The van der Waals surface area contributed by atoms with Gasteiger partial charge in [-0.1, -0.05) is 0 Å². The van der Waals surface area contributed by atoms with Crippen LogP contribution in [0.1, 0.15) is 32.1 Å². The van der Waals surface area contributed by atoms with Crippen LogP contribution in [-0.4, -0.2) is 18.0 Å². The van der Waals surface area contributed by atoms with E-state index in [0.717, 1.165) is 12.8 Å². The molecule has 4 heteroatoms. The number of amides is 1. The molecule has 1 rings (SSSR count). The van der Waals surface area contributed by atoms with E-state index in [1.165, 1.54) is 0 Å². The molecule has 0 saturated carbocycles. The first-order chi connectivity index (χ1) is 5.68. The zero-order valence-electron chi connectivity index (χ0n) is 6.91. The van der Waals surface area contributed by atoms with Crippen LogP contribution in [-0.2, 0) is 14.3 Å². The molecular weight excluding hydrogens is 158 g/mol. The maximum absolute atomic E-state index is 10.6. The van der Waals surface area contributed by atoms with Gasteiger partial charge in [-0.25, -0.2) is 0 Å². The van der Waals surface area contributed by atoms with Crippen molar-refractivity contribution in [1.29, 1.82) is 0 Å². The summed E-state index contributed by atoms with van der Waals surface area (Å²) in [6, 6.07) is 0. The van der Waals surface area contributed by atoms with E-state index >= 15 is 0 Å². The van der Waals surface area contributed by atoms with Crippen molar-refractivity contribution >= 4 is 11.9 Å². The summed E-state index contributed by atoms with van der Waals surface area (Å²) in [4.78, 5) is 21.0. The predicted molar refractivity (Wildman–Crippen MR) is 42.2 cm³/mol. The lowest BCUT2D eigenvalue weighted by Gasteiger charge is -2.06. The third-order valence-corrected chi connectivity index (χ3v) is 1.92. The first kappa shape index (κ1) is 9.03. The van der Waals surface area contributed by atoms with Gasteiger partial charge in [-0.3, -0.25) is 9.59 Å². The molecule has 4 nitrogen and oxygen atoms in total. The van der Waals surface area contributed by atoms with E-state index in [2.05, 4.69) is 0 Å². The Morgan fingerprint density at radius 3 is 2.92 bits per heavy atom. The minimum atomic E-state index is -0.292. The summed E-state index contributed by atoms with van der Waals surface area (Å²) < 4.78 is 4.95. The van der Waals surface area contributed by atoms with Gasteiger partial charge in [0.2, 0.25) is 5.91 Å². The third-order valence-electron chi connectivity index (χ3n) is 1.92. The Labute approximate surface area is 71.1 Å². The lowest BCUT2D eigenvalue weighted by Crippen LogP contribution is -2.12. The number of hydrogen-bond acceptors (Lipinski definition) is 3. The Bertz CT molecular complexity index is 191. The summed E-state index contributed by atoms with van der Waals surface area (Å²) in [5.41, 5.74) is 4.96. The van der Waals surface area contributed by atoms with Crippen molar-refractivity contribution in [2.75, 3.05) is 0 Å². The van der Waals surface area contributed by atoms with Gasteiger partial charge in [-0.05, 0) is 19.3 Å². The number of esters is 1. The van der Waals surface area contributed by atoms with Crippen molar-refractivity contribution in [3.05, 3.63) is 0 Å². The highest BCUT2D eigenvalue weighted by Gasteiger charge is 2.22. The van der Waals surface area contributed by atoms with Crippen molar-refractivity contribution in [3.63, 3.8) is 0 Å². The summed E-state index contributed by atoms with van der Waals surface area (Å²) in [6.45, 7) is 0. The molecule has 0 bridgehead atoms. The fourth-order valence-corrected chi connectivity index (χ4v) is 1.29. The standard InChI is InChI=1S/C8H13NO3/c9-7(10)3-1-2-6-4-5-8(11)12-6/h6H,1-5H2,(H2,9,10)/t6-/m1/s1. The molecular formula is C8H13NO3. The molecule has 12 heavy (non-hydrogen) atoms. The SMILES string of the molecule is NC(=O)CCC[C@@H]1CCC(=O)O1. The molecule has 68 valence electrons. The van der Waals surface area contributed by atoms with Crippen LogP contribution in [0.25, 0.3) is 0 Å². The van der Waals surface area contributed by atoms with Crippen molar-refractivity contribution < 1.29 is 14.3 Å². The van der Waals surface area contributed by atoms with Crippen molar-refractivity contribution in [2.24, 2.45) is 5.73 Å². The minimum Gasteiger partial charge on any atom is -0.462 e. The molecule has 1 heterocycles. The molecule has 1 aliphatic heterocycles. The summed E-state index contributed by atoms with van der Waals surface area (Å²) in [5.74, 6) is -0.418. The van der Waals surface area contributed by atoms with E-state index in [4.69, 9.17) is 10.5 Å². The van der Waals surface area contributed by atoms with Crippen LogP contribution < -0.4 is 5.73 Å². The molecule has 1 fully saturated rings. The van der Waals surface area contributed by atoms with Crippen LogP contribution in [0.15, 0.2) is 0 Å². The van der Waals surface area contributed by atoms with Gasteiger partial charge in [0.25, 0.3) is 0 Å². The van der Waals surface area contributed by atoms with Gasteiger partial charge in [0, 0.05) is 12.8 Å². The quantitative estimate of drug-likeness (QED) is 0.620. The molecule has 1 saturated heterocycles. The van der Waals surface area contributed by atoms with E-state index in [-0.39, 0.29) is 18.0 Å². The number of rotatable bonds is 4. The van der Waals surface area contributed by atoms with E-state index in [1.54, 1.807) is 0 Å². The zero-order valence-corrected chi connectivity index (χ0v) is 6.91. The fraction of sp³-hybridized carbons (Fsp3) is 0.750. The smallest absolute Gasteiger partial charge is 0.306 e. The third kappa shape index (κ3) is 2.90. The monoisotopic (exact) mass is 171 g/mol. The van der Waals surface area contributed by atoms with Gasteiger partial charge >= 0.3 is 5.97 Å². The number of hydrogen-bond donors (Lipinski definition) is 1. The Kier molecular flexibility index (Phi) is 3.08. The van der Waals surface area contributed by atoms with Crippen molar-refractivity contribution in [3.8, 4) is 0 Å². The molecule has 0 aromatic carbocycles. The lowest BCUT2D eigenvalue weighted by atomic mass is 10.1. The summed E-state index contributed by atoms with van der Waals surface area (Å²) in [7, 11) is 0. The molecule has 1 aliphatic rings. The minimum absolute atomic E-state index is 0.0249. The number of ether oxygens (including phenoxy) is 1. The molecule has 1 amide bonds. The number of carbonyl (C=O) groups excluding carboxylic acids is 2. The summed E-state index contributed by atoms with van der Waals surface area (Å²) in [5, 5.41) is 0. The highest BCUT2D eigenvalue weighted by Crippen LogP contribution is 2.18. The highest BCUT2D eigenvalue weighted by atomic mass is 16.5. The second-order valence-corrected chi connectivity index (χ2v) is 3.01.